The second-order valence-electron chi connectivity index (χ2n) is 23.1. The fourth-order valence-electron chi connectivity index (χ4n) is 13.3. The van der Waals surface area contributed by atoms with Crippen molar-refractivity contribution >= 4 is 76.2 Å². The number of benzene rings is 5. The lowest BCUT2D eigenvalue weighted by atomic mass is 9.81. The number of nitriles is 2. The van der Waals surface area contributed by atoms with E-state index in [1.54, 1.807) is 0 Å². The highest BCUT2D eigenvalue weighted by molar-refractivity contribution is 6.30. The van der Waals surface area contributed by atoms with Gasteiger partial charge < -0.3 is 8.80 Å². The summed E-state index contributed by atoms with van der Waals surface area (Å²) in [4.78, 5) is 0. The summed E-state index contributed by atoms with van der Waals surface area (Å²) in [5.74, 6) is 0. The average molecular weight is 759 g/mol. The molecule has 5 aromatic carbocycles. The monoisotopic (exact) mass is 758 g/mol. The molecule has 0 amide bonds. The SMILES string of the molecule is CC(C)(C)c1cc2c3cc4c(cc3n3c5cc(C#N)c6c(c5c(c1)c23)C(C)(C)CC6(C)C)c1cc(C(C)(C)C)cc2c3c5c(c(C#N)cc3n4c12)C(C)(C)CC5(C)C. The van der Waals surface area contributed by atoms with Crippen molar-refractivity contribution in [1.82, 2.24) is 8.80 Å². The van der Waals surface area contributed by atoms with Gasteiger partial charge in [0.2, 0.25) is 0 Å². The molecule has 4 heterocycles. The van der Waals surface area contributed by atoms with Crippen LogP contribution in [0.2, 0.25) is 0 Å². The maximum atomic E-state index is 10.8. The molecule has 0 saturated heterocycles. The van der Waals surface area contributed by atoms with Crippen molar-refractivity contribution in [3.63, 3.8) is 0 Å². The summed E-state index contributed by atoms with van der Waals surface area (Å²) in [7, 11) is 0. The Hall–Kier alpha value is -5.32. The Morgan fingerprint density at radius 1 is 0.431 bits per heavy atom. The lowest BCUT2D eigenvalue weighted by Crippen LogP contribution is -2.18. The first kappa shape index (κ1) is 35.8. The normalized spacial score (nSPS) is 18.6. The second kappa shape index (κ2) is 10.1. The van der Waals surface area contributed by atoms with Crippen LogP contribution in [0, 0.1) is 22.7 Å². The van der Waals surface area contributed by atoms with Crippen LogP contribution >= 0.6 is 0 Å². The summed E-state index contributed by atoms with van der Waals surface area (Å²) in [6, 6.07) is 24.5. The fourth-order valence-corrected chi connectivity index (χ4v) is 13.3. The minimum atomic E-state index is -0.101. The van der Waals surface area contributed by atoms with Crippen molar-refractivity contribution in [1.29, 1.82) is 10.5 Å². The summed E-state index contributed by atoms with van der Waals surface area (Å²) in [5.41, 5.74) is 16.0. The zero-order chi connectivity index (χ0) is 41.3. The van der Waals surface area contributed by atoms with E-state index in [0.717, 1.165) is 35.0 Å². The van der Waals surface area contributed by atoms with Crippen LogP contribution in [-0.2, 0) is 32.5 Å². The molecule has 4 aromatic heterocycles. The Balaban J connectivity index is 1.40. The molecule has 9 aromatic rings. The van der Waals surface area contributed by atoms with Crippen LogP contribution in [0.3, 0.4) is 0 Å². The van der Waals surface area contributed by atoms with E-state index in [9.17, 15) is 10.5 Å². The van der Waals surface area contributed by atoms with Gasteiger partial charge in [0.05, 0.1) is 56.4 Å². The Bertz CT molecular complexity index is 3240. The number of fused-ring (bicyclic) bond motifs is 16. The van der Waals surface area contributed by atoms with E-state index in [2.05, 4.69) is 166 Å². The molecule has 0 atom stereocenters. The molecule has 0 aliphatic heterocycles. The first-order chi connectivity index (χ1) is 26.9. The molecule has 290 valence electrons. The lowest BCUT2D eigenvalue weighted by molar-refractivity contribution is 0.403. The van der Waals surface area contributed by atoms with Crippen LogP contribution in [0.5, 0.6) is 0 Å². The molecule has 0 unspecified atom stereocenters. The van der Waals surface area contributed by atoms with Crippen LogP contribution in [0.1, 0.15) is 154 Å². The third-order valence-corrected chi connectivity index (χ3v) is 14.9. The average Bonchev–Trinajstić information content (AvgIpc) is 3.89. The summed E-state index contributed by atoms with van der Waals surface area (Å²) in [6.45, 7) is 32.8. The first-order valence-electron chi connectivity index (χ1n) is 21.3. The van der Waals surface area contributed by atoms with Crippen LogP contribution in [-0.4, -0.2) is 8.80 Å². The molecule has 2 aliphatic rings. The molecule has 0 saturated carbocycles. The summed E-state index contributed by atoms with van der Waals surface area (Å²) < 4.78 is 5.01. The minimum Gasteiger partial charge on any atom is -0.308 e. The Morgan fingerprint density at radius 3 is 1.09 bits per heavy atom. The maximum absolute atomic E-state index is 10.8. The van der Waals surface area contributed by atoms with Crippen LogP contribution in [0.4, 0.5) is 0 Å². The molecule has 0 N–H and O–H groups in total. The van der Waals surface area contributed by atoms with Gasteiger partial charge in [-0.1, -0.05) is 96.9 Å². The van der Waals surface area contributed by atoms with Crippen molar-refractivity contribution in [2.75, 3.05) is 0 Å². The van der Waals surface area contributed by atoms with E-state index < -0.39 is 0 Å². The number of hydrogen-bond donors (Lipinski definition) is 0. The standard InChI is InChI=1S/C54H54N4/c1-49(2,3)29-17-33-31-21-38-32(22-37(31)57-39-15-27(23-55)43-45(41(39)35(19-29)47(33)57)53(11,12)25-51(43,7)8)34-18-30(50(4,5)6)20-36-42-40(58(38)48(34)36)16-28(24-56)44-46(42)54(13,14)26-52(44,9)10/h15-22H,25-26H2,1-14H3. The van der Waals surface area contributed by atoms with Gasteiger partial charge in [0.25, 0.3) is 0 Å². The number of aromatic nitrogens is 2. The highest BCUT2D eigenvalue weighted by atomic mass is 14.9. The van der Waals surface area contributed by atoms with Gasteiger partial charge >= 0.3 is 0 Å². The largest absolute Gasteiger partial charge is 0.308 e. The van der Waals surface area contributed by atoms with Crippen molar-refractivity contribution in [2.24, 2.45) is 0 Å². The number of nitrogens with zero attached hydrogens (tertiary/aromatic N) is 4. The molecule has 0 bridgehead atoms. The van der Waals surface area contributed by atoms with Crippen molar-refractivity contribution in [2.45, 2.75) is 142 Å². The van der Waals surface area contributed by atoms with Gasteiger partial charge in [0, 0.05) is 43.1 Å². The number of rotatable bonds is 0. The minimum absolute atomic E-state index is 0.0693. The molecule has 4 heteroatoms. The van der Waals surface area contributed by atoms with E-state index in [0.29, 0.717) is 0 Å². The lowest BCUT2D eigenvalue weighted by Gasteiger charge is -2.23. The third-order valence-electron chi connectivity index (χ3n) is 14.9. The quantitative estimate of drug-likeness (QED) is 0.155. The van der Waals surface area contributed by atoms with Crippen LogP contribution in [0.15, 0.2) is 48.5 Å². The predicted molar refractivity (Wildman–Crippen MR) is 244 cm³/mol. The first-order valence-corrected chi connectivity index (χ1v) is 21.3. The Labute approximate surface area is 341 Å². The molecular weight excluding hydrogens is 705 g/mol. The van der Waals surface area contributed by atoms with E-state index >= 15 is 0 Å². The van der Waals surface area contributed by atoms with Gasteiger partial charge in [0.15, 0.2) is 0 Å². The molecule has 0 spiro atoms. The summed E-state index contributed by atoms with van der Waals surface area (Å²) >= 11 is 0. The van der Waals surface area contributed by atoms with Gasteiger partial charge in [-0.15, -0.1) is 0 Å². The zero-order valence-corrected chi connectivity index (χ0v) is 36.8. The van der Waals surface area contributed by atoms with E-state index in [-0.39, 0.29) is 32.5 Å². The van der Waals surface area contributed by atoms with Crippen LogP contribution < -0.4 is 0 Å². The van der Waals surface area contributed by atoms with Gasteiger partial charge in [-0.3, -0.25) is 0 Å². The molecule has 0 fully saturated rings. The van der Waals surface area contributed by atoms with E-state index in [4.69, 9.17) is 0 Å². The highest BCUT2D eigenvalue weighted by Gasteiger charge is 2.47. The molecule has 58 heavy (non-hydrogen) atoms. The van der Waals surface area contributed by atoms with Gasteiger partial charge in [-0.2, -0.15) is 10.5 Å². The molecule has 0 radical (unpaired) electrons. The fraction of sp³-hybridized carbons (Fsp3) is 0.407. The van der Waals surface area contributed by atoms with Crippen molar-refractivity contribution < 1.29 is 0 Å². The molecule has 2 aliphatic carbocycles. The Kier molecular flexibility index (Phi) is 6.23. The van der Waals surface area contributed by atoms with Gasteiger partial charge in [-0.25, -0.2) is 0 Å². The maximum Gasteiger partial charge on any atom is 0.0995 e. The highest BCUT2D eigenvalue weighted by Crippen LogP contribution is 2.58. The predicted octanol–water partition coefficient (Wildman–Crippen LogP) is 14.2. The third kappa shape index (κ3) is 4.10. The second-order valence-corrected chi connectivity index (χ2v) is 23.1. The summed E-state index contributed by atoms with van der Waals surface area (Å²) in [5, 5.41) is 31.8. The molecule has 11 rings (SSSR count). The summed E-state index contributed by atoms with van der Waals surface area (Å²) in [6.07, 6.45) is 2.01. The molecular formula is C54H54N4. The smallest absolute Gasteiger partial charge is 0.0995 e. The van der Waals surface area contributed by atoms with Crippen molar-refractivity contribution in [3.8, 4) is 12.1 Å². The Morgan fingerprint density at radius 2 is 0.759 bits per heavy atom. The van der Waals surface area contributed by atoms with E-state index in [1.165, 1.54) is 98.5 Å². The van der Waals surface area contributed by atoms with Crippen LogP contribution in [0.25, 0.3) is 76.2 Å². The zero-order valence-electron chi connectivity index (χ0n) is 36.8. The topological polar surface area (TPSA) is 56.4 Å². The van der Waals surface area contributed by atoms with Gasteiger partial charge in [0.1, 0.15) is 0 Å². The van der Waals surface area contributed by atoms with Crippen molar-refractivity contribution in [3.05, 3.63) is 93.0 Å². The number of hydrogen-bond acceptors (Lipinski definition) is 2. The van der Waals surface area contributed by atoms with E-state index in [1.807, 2.05) is 0 Å². The van der Waals surface area contributed by atoms with Gasteiger partial charge in [-0.05, 0) is 127 Å². The molecule has 4 nitrogen and oxygen atoms in total.